The SMILES string of the molecule is CCS(=O)(=O)Nc1cc(-c2cnn(C)c2C)ccc1Nc1cc(NC(=O)C2CC2)nc2nc(C(F)F)[nH]c12. The Labute approximate surface area is 217 Å². The van der Waals surface area contributed by atoms with E-state index in [1.165, 1.54) is 13.0 Å². The summed E-state index contributed by atoms with van der Waals surface area (Å²) in [5.41, 5.74) is 3.48. The van der Waals surface area contributed by atoms with Crippen LogP contribution in [0.25, 0.3) is 22.3 Å². The molecule has 3 heterocycles. The minimum absolute atomic E-state index is 0.0188. The van der Waals surface area contributed by atoms with Gasteiger partial charge >= 0.3 is 0 Å². The van der Waals surface area contributed by atoms with E-state index >= 15 is 0 Å². The van der Waals surface area contributed by atoms with E-state index in [0.717, 1.165) is 29.7 Å². The van der Waals surface area contributed by atoms with Crippen molar-refractivity contribution < 1.29 is 22.0 Å². The van der Waals surface area contributed by atoms with Gasteiger partial charge in [-0.1, -0.05) is 6.07 Å². The Bertz CT molecular complexity index is 1640. The van der Waals surface area contributed by atoms with Gasteiger partial charge < -0.3 is 15.6 Å². The molecule has 38 heavy (non-hydrogen) atoms. The molecule has 0 saturated heterocycles. The van der Waals surface area contributed by atoms with Crippen LogP contribution in [0.15, 0.2) is 30.5 Å². The molecule has 11 nitrogen and oxygen atoms in total. The highest BCUT2D eigenvalue weighted by Gasteiger charge is 2.30. The Morgan fingerprint density at radius 1 is 1.18 bits per heavy atom. The number of benzene rings is 1. The highest BCUT2D eigenvalue weighted by molar-refractivity contribution is 7.92. The van der Waals surface area contributed by atoms with Gasteiger partial charge in [0, 0.05) is 30.3 Å². The fourth-order valence-electron chi connectivity index (χ4n) is 3.92. The Morgan fingerprint density at radius 2 is 1.95 bits per heavy atom. The van der Waals surface area contributed by atoms with Crippen molar-refractivity contribution in [3.8, 4) is 11.1 Å². The Kier molecular flexibility index (Phi) is 6.51. The lowest BCUT2D eigenvalue weighted by molar-refractivity contribution is -0.117. The van der Waals surface area contributed by atoms with E-state index in [1.54, 1.807) is 29.1 Å². The van der Waals surface area contributed by atoms with Crippen molar-refractivity contribution in [3.05, 3.63) is 42.0 Å². The van der Waals surface area contributed by atoms with Crippen LogP contribution in [-0.4, -0.2) is 44.8 Å². The number of carbonyl (C=O) groups excluding carboxylic acids is 1. The van der Waals surface area contributed by atoms with Crippen LogP contribution in [0.5, 0.6) is 0 Å². The lowest BCUT2D eigenvalue weighted by Crippen LogP contribution is -2.16. The van der Waals surface area contributed by atoms with Crippen molar-refractivity contribution in [1.29, 1.82) is 0 Å². The van der Waals surface area contributed by atoms with Crippen molar-refractivity contribution in [1.82, 2.24) is 24.7 Å². The second-order valence-corrected chi connectivity index (χ2v) is 11.1. The molecule has 0 spiro atoms. The van der Waals surface area contributed by atoms with Crippen LogP contribution in [0, 0.1) is 12.8 Å². The number of nitrogens with zero attached hydrogens (tertiary/aromatic N) is 4. The Balaban J connectivity index is 1.59. The van der Waals surface area contributed by atoms with Gasteiger partial charge in [0.2, 0.25) is 15.9 Å². The van der Waals surface area contributed by atoms with Gasteiger partial charge in [0.25, 0.3) is 6.43 Å². The average molecular weight is 545 g/mol. The van der Waals surface area contributed by atoms with Crippen LogP contribution in [0.4, 0.5) is 31.7 Å². The summed E-state index contributed by atoms with van der Waals surface area (Å²) in [6.07, 6.45) is 0.380. The fourth-order valence-corrected chi connectivity index (χ4v) is 4.57. The van der Waals surface area contributed by atoms with Crippen molar-refractivity contribution in [2.45, 2.75) is 33.1 Å². The molecule has 14 heteroatoms. The van der Waals surface area contributed by atoms with Gasteiger partial charge in [0.05, 0.1) is 29.0 Å². The first kappa shape index (κ1) is 25.6. The molecule has 3 aromatic heterocycles. The summed E-state index contributed by atoms with van der Waals surface area (Å²) < 4.78 is 56.2. The van der Waals surface area contributed by atoms with E-state index in [-0.39, 0.29) is 45.9 Å². The molecule has 0 atom stereocenters. The molecule has 4 aromatic rings. The smallest absolute Gasteiger partial charge is 0.295 e. The number of pyridine rings is 1. The van der Waals surface area contributed by atoms with Crippen LogP contribution in [0.2, 0.25) is 0 Å². The highest BCUT2D eigenvalue weighted by atomic mass is 32.2. The van der Waals surface area contributed by atoms with Crippen LogP contribution in [-0.2, 0) is 21.9 Å². The van der Waals surface area contributed by atoms with Crippen molar-refractivity contribution >= 4 is 50.0 Å². The molecule has 0 bridgehead atoms. The van der Waals surface area contributed by atoms with Crippen LogP contribution in [0.1, 0.15) is 37.7 Å². The molecule has 1 aromatic carbocycles. The summed E-state index contributed by atoms with van der Waals surface area (Å²) in [5.74, 6) is -0.895. The van der Waals surface area contributed by atoms with E-state index in [2.05, 4.69) is 35.4 Å². The minimum atomic E-state index is -3.67. The number of carbonyl (C=O) groups is 1. The third kappa shape index (κ3) is 5.16. The first-order chi connectivity index (χ1) is 18.0. The maximum atomic E-state index is 13.4. The number of hydrogen-bond donors (Lipinski definition) is 4. The Morgan fingerprint density at radius 3 is 2.58 bits per heavy atom. The van der Waals surface area contributed by atoms with E-state index in [4.69, 9.17) is 0 Å². The van der Waals surface area contributed by atoms with E-state index < -0.39 is 22.3 Å². The molecule has 1 amide bonds. The molecule has 1 saturated carbocycles. The second kappa shape index (κ2) is 9.67. The number of amides is 1. The van der Waals surface area contributed by atoms with E-state index in [1.807, 2.05) is 14.0 Å². The minimum Gasteiger partial charge on any atom is -0.352 e. The molecule has 0 unspecified atom stereocenters. The van der Waals surface area contributed by atoms with E-state index in [9.17, 15) is 22.0 Å². The summed E-state index contributed by atoms with van der Waals surface area (Å²) in [6, 6.07) is 6.63. The van der Waals surface area contributed by atoms with Gasteiger partial charge in [-0.3, -0.25) is 14.2 Å². The third-order valence-electron chi connectivity index (χ3n) is 6.37. The number of halogens is 2. The Hall–Kier alpha value is -4.07. The predicted octanol–water partition coefficient (Wildman–Crippen LogP) is 4.46. The summed E-state index contributed by atoms with van der Waals surface area (Å²) >= 11 is 0. The highest BCUT2D eigenvalue weighted by Crippen LogP contribution is 2.36. The number of aromatic amines is 1. The van der Waals surface area contributed by atoms with Crippen LogP contribution in [0.3, 0.4) is 0 Å². The number of H-pyrrole nitrogens is 1. The standard InChI is InChI=1S/C24H26F2N8O3S/c1-4-38(36,37)33-17-9-14(15-11-27-34(3)12(15)2)7-8-16(17)28-18-10-19(30-24(35)13-5-6-13)29-22-20(18)31-23(32-22)21(25)26/h7-11,13,21,33H,4-6H2,1-3H3,(H3,28,29,30,31,32,35). The molecular weight excluding hydrogens is 518 g/mol. The normalized spacial score (nSPS) is 13.7. The number of nitrogens with one attached hydrogen (secondary N) is 4. The maximum Gasteiger partial charge on any atom is 0.295 e. The third-order valence-corrected chi connectivity index (χ3v) is 7.66. The number of aryl methyl sites for hydroxylation is 1. The lowest BCUT2D eigenvalue weighted by atomic mass is 10.1. The molecular formula is C24H26F2N8O3S. The first-order valence-electron chi connectivity index (χ1n) is 11.9. The molecule has 1 aliphatic carbocycles. The monoisotopic (exact) mass is 544 g/mol. The quantitative estimate of drug-likeness (QED) is 0.243. The number of imidazole rings is 1. The van der Waals surface area contributed by atoms with E-state index in [0.29, 0.717) is 5.69 Å². The van der Waals surface area contributed by atoms with Crippen molar-refractivity contribution in [2.24, 2.45) is 13.0 Å². The molecule has 1 fully saturated rings. The summed E-state index contributed by atoms with van der Waals surface area (Å²) in [5, 5.41) is 10.1. The zero-order valence-electron chi connectivity index (χ0n) is 20.8. The molecule has 1 aliphatic rings. The molecule has 0 aliphatic heterocycles. The van der Waals surface area contributed by atoms with Gasteiger partial charge in [0.15, 0.2) is 11.5 Å². The summed E-state index contributed by atoms with van der Waals surface area (Å²) in [4.78, 5) is 23.0. The summed E-state index contributed by atoms with van der Waals surface area (Å²) in [6.45, 7) is 3.41. The lowest BCUT2D eigenvalue weighted by Gasteiger charge is -2.16. The average Bonchev–Trinajstić information content (AvgIpc) is 3.55. The van der Waals surface area contributed by atoms with Crippen molar-refractivity contribution in [2.75, 3.05) is 21.1 Å². The number of sulfonamides is 1. The predicted molar refractivity (Wildman–Crippen MR) is 140 cm³/mol. The van der Waals surface area contributed by atoms with Gasteiger partial charge in [-0.05, 0) is 44.4 Å². The second-order valence-electron chi connectivity index (χ2n) is 9.10. The molecule has 200 valence electrons. The topological polar surface area (TPSA) is 147 Å². The van der Waals surface area contributed by atoms with Crippen molar-refractivity contribution in [3.63, 3.8) is 0 Å². The number of fused-ring (bicyclic) bond motifs is 1. The fraction of sp³-hybridized carbons (Fsp3) is 0.333. The number of alkyl halides is 2. The van der Waals surface area contributed by atoms with Gasteiger partial charge in [-0.15, -0.1) is 0 Å². The van der Waals surface area contributed by atoms with Crippen LogP contribution < -0.4 is 15.4 Å². The molecule has 5 rings (SSSR count). The van der Waals surface area contributed by atoms with Gasteiger partial charge in [-0.2, -0.15) is 5.10 Å². The number of anilines is 4. The number of aromatic nitrogens is 5. The molecule has 4 N–H and O–H groups in total. The molecule has 0 radical (unpaired) electrons. The summed E-state index contributed by atoms with van der Waals surface area (Å²) in [7, 11) is -1.86. The largest absolute Gasteiger partial charge is 0.352 e. The first-order valence-corrected chi connectivity index (χ1v) is 13.6. The number of hydrogen-bond acceptors (Lipinski definition) is 7. The van der Waals surface area contributed by atoms with Gasteiger partial charge in [-0.25, -0.2) is 27.2 Å². The maximum absolute atomic E-state index is 13.4. The van der Waals surface area contributed by atoms with Crippen LogP contribution >= 0.6 is 0 Å². The zero-order chi connectivity index (χ0) is 27.2. The van der Waals surface area contributed by atoms with Gasteiger partial charge in [0.1, 0.15) is 11.3 Å². The zero-order valence-corrected chi connectivity index (χ0v) is 21.7. The number of rotatable bonds is 9.